The molecule has 1 amide bonds. The molecule has 0 bridgehead atoms. The molecule has 0 radical (unpaired) electrons. The Hall–Kier alpha value is -0.830. The van der Waals surface area contributed by atoms with E-state index in [4.69, 9.17) is 0 Å². The molecule has 0 spiro atoms. The van der Waals surface area contributed by atoms with Gasteiger partial charge in [0.1, 0.15) is 0 Å². The van der Waals surface area contributed by atoms with Crippen molar-refractivity contribution in [1.82, 2.24) is 0 Å². The van der Waals surface area contributed by atoms with Crippen LogP contribution in [0.1, 0.15) is 18.4 Å². The minimum absolute atomic E-state index is 0.237. The summed E-state index contributed by atoms with van der Waals surface area (Å²) in [6, 6.07) is 6.05. The number of amides is 1. The molecule has 1 aliphatic heterocycles. The van der Waals surface area contributed by atoms with Crippen molar-refractivity contribution in [2.24, 2.45) is 0 Å². The Bertz CT molecular complexity index is 376. The summed E-state index contributed by atoms with van der Waals surface area (Å²) in [5, 5.41) is 0. The van der Waals surface area contributed by atoms with Crippen LogP contribution in [0.15, 0.2) is 22.7 Å². The van der Waals surface area contributed by atoms with E-state index in [1.54, 1.807) is 0 Å². The van der Waals surface area contributed by atoms with Crippen LogP contribution in [0.5, 0.6) is 0 Å². The van der Waals surface area contributed by atoms with Crippen molar-refractivity contribution in [2.75, 3.05) is 11.4 Å². The molecule has 1 aromatic rings. The highest BCUT2D eigenvalue weighted by Crippen LogP contribution is 2.26. The van der Waals surface area contributed by atoms with Gasteiger partial charge in [-0.15, -0.1) is 0 Å². The number of carbonyl (C=O) groups is 1. The topological polar surface area (TPSA) is 20.3 Å². The molecular formula is C11H12BrNO. The molecule has 1 saturated heterocycles. The molecule has 74 valence electrons. The third-order valence-electron chi connectivity index (χ3n) is 2.54. The van der Waals surface area contributed by atoms with Crippen LogP contribution in [-0.4, -0.2) is 12.5 Å². The molecule has 0 aliphatic carbocycles. The number of rotatable bonds is 1. The molecule has 0 saturated carbocycles. The fraction of sp³-hybridized carbons (Fsp3) is 0.364. The van der Waals surface area contributed by atoms with E-state index in [1.807, 2.05) is 30.0 Å². The average Bonchev–Trinajstić information content (AvgIpc) is 2.57. The number of benzene rings is 1. The standard InChI is InChI=1S/C11H12BrNO/c1-8-4-5-9(7-10(8)12)13-6-2-3-11(13)14/h4-5,7H,2-3,6H2,1H3. The third-order valence-corrected chi connectivity index (χ3v) is 3.39. The second kappa shape index (κ2) is 3.73. The molecule has 2 rings (SSSR count). The van der Waals surface area contributed by atoms with Gasteiger partial charge in [0.05, 0.1) is 0 Å². The smallest absolute Gasteiger partial charge is 0.227 e. The zero-order valence-electron chi connectivity index (χ0n) is 8.09. The lowest BCUT2D eigenvalue weighted by atomic mass is 10.2. The highest BCUT2D eigenvalue weighted by atomic mass is 79.9. The molecular weight excluding hydrogens is 242 g/mol. The fourth-order valence-electron chi connectivity index (χ4n) is 1.67. The maximum atomic E-state index is 11.5. The van der Waals surface area contributed by atoms with Crippen LogP contribution in [0, 0.1) is 6.92 Å². The van der Waals surface area contributed by atoms with Crippen LogP contribution in [0.2, 0.25) is 0 Å². The highest BCUT2D eigenvalue weighted by molar-refractivity contribution is 9.10. The molecule has 1 aromatic carbocycles. The first-order valence-electron chi connectivity index (χ1n) is 4.75. The van der Waals surface area contributed by atoms with Gasteiger partial charge in [-0.05, 0) is 31.0 Å². The molecule has 1 fully saturated rings. The summed E-state index contributed by atoms with van der Waals surface area (Å²) in [5.74, 6) is 0.237. The van der Waals surface area contributed by atoms with Gasteiger partial charge < -0.3 is 4.90 Å². The first-order valence-corrected chi connectivity index (χ1v) is 5.54. The van der Waals surface area contributed by atoms with Crippen molar-refractivity contribution in [1.29, 1.82) is 0 Å². The Kier molecular flexibility index (Phi) is 2.59. The molecule has 0 N–H and O–H groups in total. The maximum Gasteiger partial charge on any atom is 0.227 e. The van der Waals surface area contributed by atoms with Gasteiger partial charge in [-0.2, -0.15) is 0 Å². The Morgan fingerprint density at radius 3 is 2.79 bits per heavy atom. The first kappa shape index (κ1) is 9.71. The average molecular weight is 254 g/mol. The molecule has 0 atom stereocenters. The number of hydrogen-bond donors (Lipinski definition) is 0. The molecule has 0 unspecified atom stereocenters. The summed E-state index contributed by atoms with van der Waals surface area (Å²) in [6.07, 6.45) is 1.66. The molecule has 1 aliphatic rings. The molecule has 3 heteroatoms. The Morgan fingerprint density at radius 1 is 1.43 bits per heavy atom. The second-order valence-corrected chi connectivity index (χ2v) is 4.44. The lowest BCUT2D eigenvalue weighted by Crippen LogP contribution is -2.23. The Balaban J connectivity index is 2.32. The van der Waals surface area contributed by atoms with E-state index >= 15 is 0 Å². The molecule has 2 nitrogen and oxygen atoms in total. The van der Waals surface area contributed by atoms with E-state index in [9.17, 15) is 4.79 Å². The Labute approximate surface area is 92.0 Å². The fourth-order valence-corrected chi connectivity index (χ4v) is 2.04. The lowest BCUT2D eigenvalue weighted by molar-refractivity contribution is -0.117. The van der Waals surface area contributed by atoms with Gasteiger partial charge in [-0.1, -0.05) is 22.0 Å². The van der Waals surface area contributed by atoms with Gasteiger partial charge in [0, 0.05) is 23.1 Å². The summed E-state index contributed by atoms with van der Waals surface area (Å²) < 4.78 is 1.06. The van der Waals surface area contributed by atoms with Crippen molar-refractivity contribution in [3.05, 3.63) is 28.2 Å². The second-order valence-electron chi connectivity index (χ2n) is 3.58. The normalized spacial score (nSPS) is 16.4. The maximum absolute atomic E-state index is 11.5. The van der Waals surface area contributed by atoms with Gasteiger partial charge in [0.15, 0.2) is 0 Å². The predicted octanol–water partition coefficient (Wildman–Crippen LogP) is 2.88. The largest absolute Gasteiger partial charge is 0.312 e. The van der Waals surface area contributed by atoms with E-state index < -0.39 is 0 Å². The third kappa shape index (κ3) is 1.69. The van der Waals surface area contributed by atoms with E-state index in [0.29, 0.717) is 6.42 Å². The summed E-state index contributed by atoms with van der Waals surface area (Å²) in [7, 11) is 0. The van der Waals surface area contributed by atoms with Crippen LogP contribution in [0.3, 0.4) is 0 Å². The molecule has 14 heavy (non-hydrogen) atoms. The van der Waals surface area contributed by atoms with Gasteiger partial charge in [0.2, 0.25) is 5.91 Å². The number of halogens is 1. The minimum Gasteiger partial charge on any atom is -0.312 e. The number of hydrogen-bond acceptors (Lipinski definition) is 1. The van der Waals surface area contributed by atoms with Gasteiger partial charge in [-0.25, -0.2) is 0 Å². The first-order chi connectivity index (χ1) is 6.68. The van der Waals surface area contributed by atoms with Crippen LogP contribution in [0.4, 0.5) is 5.69 Å². The Morgan fingerprint density at radius 2 is 2.21 bits per heavy atom. The number of aryl methyl sites for hydroxylation is 1. The number of nitrogens with zero attached hydrogens (tertiary/aromatic N) is 1. The van der Waals surface area contributed by atoms with Crippen LogP contribution in [0.25, 0.3) is 0 Å². The van der Waals surface area contributed by atoms with Crippen LogP contribution >= 0.6 is 15.9 Å². The number of carbonyl (C=O) groups excluding carboxylic acids is 1. The van der Waals surface area contributed by atoms with E-state index in [0.717, 1.165) is 23.1 Å². The number of anilines is 1. The zero-order chi connectivity index (χ0) is 10.1. The minimum atomic E-state index is 0.237. The zero-order valence-corrected chi connectivity index (χ0v) is 9.67. The summed E-state index contributed by atoms with van der Waals surface area (Å²) in [6.45, 7) is 2.90. The predicted molar refractivity (Wildman–Crippen MR) is 60.5 cm³/mol. The van der Waals surface area contributed by atoms with E-state index in [-0.39, 0.29) is 5.91 Å². The monoisotopic (exact) mass is 253 g/mol. The van der Waals surface area contributed by atoms with Gasteiger partial charge in [-0.3, -0.25) is 4.79 Å². The van der Waals surface area contributed by atoms with Gasteiger partial charge >= 0.3 is 0 Å². The summed E-state index contributed by atoms with van der Waals surface area (Å²) in [5.41, 5.74) is 2.20. The van der Waals surface area contributed by atoms with E-state index in [2.05, 4.69) is 15.9 Å². The molecule has 0 aromatic heterocycles. The summed E-state index contributed by atoms with van der Waals surface area (Å²) in [4.78, 5) is 13.3. The van der Waals surface area contributed by atoms with Crippen LogP contribution < -0.4 is 4.90 Å². The van der Waals surface area contributed by atoms with E-state index in [1.165, 1.54) is 5.56 Å². The van der Waals surface area contributed by atoms with Gasteiger partial charge in [0.25, 0.3) is 0 Å². The van der Waals surface area contributed by atoms with Crippen molar-refractivity contribution in [3.8, 4) is 0 Å². The van der Waals surface area contributed by atoms with Crippen molar-refractivity contribution >= 4 is 27.5 Å². The van der Waals surface area contributed by atoms with Crippen molar-refractivity contribution < 1.29 is 4.79 Å². The van der Waals surface area contributed by atoms with Crippen molar-refractivity contribution in [2.45, 2.75) is 19.8 Å². The summed E-state index contributed by atoms with van der Waals surface area (Å²) >= 11 is 3.48. The SMILES string of the molecule is Cc1ccc(N2CCCC2=O)cc1Br. The lowest BCUT2D eigenvalue weighted by Gasteiger charge is -2.16. The van der Waals surface area contributed by atoms with Crippen molar-refractivity contribution in [3.63, 3.8) is 0 Å². The quantitative estimate of drug-likeness (QED) is 0.754. The highest BCUT2D eigenvalue weighted by Gasteiger charge is 2.21. The van der Waals surface area contributed by atoms with Crippen LogP contribution in [-0.2, 0) is 4.79 Å². The molecule has 1 heterocycles.